The van der Waals surface area contributed by atoms with Gasteiger partial charge < -0.3 is 4.74 Å². The molecular weight excluding hydrogens is 377 g/mol. The number of nitrogens with zero attached hydrogens (tertiary/aromatic N) is 1. The summed E-state index contributed by atoms with van der Waals surface area (Å²) in [5.74, 6) is -0.806. The number of alkyl halides is 3. The molecule has 0 fully saturated rings. The van der Waals surface area contributed by atoms with E-state index in [-0.39, 0.29) is 5.13 Å². The molecule has 0 radical (unpaired) electrons. The second-order valence-electron chi connectivity index (χ2n) is 5.04. The number of hydrogen-bond acceptors (Lipinski definition) is 5. The van der Waals surface area contributed by atoms with Gasteiger partial charge in [-0.3, -0.25) is 4.72 Å². The molecule has 132 valence electrons. The topological polar surface area (TPSA) is 68.3 Å². The number of fused-ring (bicyclic) bond motifs is 1. The number of nitrogens with one attached hydrogen (secondary N) is 1. The van der Waals surface area contributed by atoms with Crippen LogP contribution in [-0.4, -0.2) is 19.8 Å². The van der Waals surface area contributed by atoms with Gasteiger partial charge in [-0.1, -0.05) is 35.6 Å². The molecule has 0 amide bonds. The van der Waals surface area contributed by atoms with Crippen LogP contribution in [0.5, 0.6) is 5.75 Å². The van der Waals surface area contributed by atoms with Crippen LogP contribution in [0, 0.1) is 6.92 Å². The summed E-state index contributed by atoms with van der Waals surface area (Å²) in [5, 5.41) is 0.0612. The standard InChI is InChI=1S/C15H11F3N2O3S2/c1-9-5-4-7-11-13(9)19-14(24-11)20-25(21,22)12-8-3-2-6-10(12)23-15(16,17)18/h2-8H,1H3,(H,19,20). The number of thiazole rings is 1. The molecular formula is C15H11F3N2O3S2. The first-order valence-corrected chi connectivity index (χ1v) is 9.19. The Kier molecular flexibility index (Phi) is 4.33. The van der Waals surface area contributed by atoms with Crippen LogP contribution in [-0.2, 0) is 10.0 Å². The number of rotatable bonds is 4. The Hall–Kier alpha value is -2.33. The molecule has 5 nitrogen and oxygen atoms in total. The van der Waals surface area contributed by atoms with Gasteiger partial charge in [0.25, 0.3) is 10.0 Å². The van der Waals surface area contributed by atoms with E-state index in [9.17, 15) is 21.6 Å². The van der Waals surface area contributed by atoms with Crippen molar-refractivity contribution in [3.8, 4) is 5.75 Å². The van der Waals surface area contributed by atoms with Crippen molar-refractivity contribution in [3.05, 3.63) is 48.0 Å². The maximum Gasteiger partial charge on any atom is 0.573 e. The highest BCUT2D eigenvalue weighted by Gasteiger charge is 2.34. The molecule has 0 aliphatic carbocycles. The summed E-state index contributed by atoms with van der Waals surface area (Å²) < 4.78 is 69.1. The molecule has 3 aromatic rings. The molecule has 0 aliphatic rings. The van der Waals surface area contributed by atoms with Gasteiger partial charge in [0.1, 0.15) is 10.6 Å². The normalized spacial score (nSPS) is 12.3. The van der Waals surface area contributed by atoms with E-state index in [1.807, 2.05) is 13.0 Å². The van der Waals surface area contributed by atoms with Gasteiger partial charge in [0.15, 0.2) is 5.13 Å². The largest absolute Gasteiger partial charge is 0.573 e. The second kappa shape index (κ2) is 6.19. The molecule has 0 spiro atoms. The molecule has 0 aliphatic heterocycles. The highest BCUT2D eigenvalue weighted by Crippen LogP contribution is 2.33. The lowest BCUT2D eigenvalue weighted by molar-refractivity contribution is -0.275. The lowest BCUT2D eigenvalue weighted by Gasteiger charge is -2.13. The fraction of sp³-hybridized carbons (Fsp3) is 0.133. The lowest BCUT2D eigenvalue weighted by atomic mass is 10.2. The Labute approximate surface area is 145 Å². The van der Waals surface area contributed by atoms with E-state index in [1.165, 1.54) is 12.1 Å². The maximum absolute atomic E-state index is 12.5. The third kappa shape index (κ3) is 3.85. The van der Waals surface area contributed by atoms with Gasteiger partial charge >= 0.3 is 6.36 Å². The number of ether oxygens (including phenoxy) is 1. The molecule has 25 heavy (non-hydrogen) atoms. The number of para-hydroxylation sites is 2. The molecule has 1 aromatic heterocycles. The van der Waals surface area contributed by atoms with Crippen molar-refractivity contribution in [1.82, 2.24) is 4.98 Å². The van der Waals surface area contributed by atoms with Gasteiger partial charge in [-0.25, -0.2) is 13.4 Å². The SMILES string of the molecule is Cc1cccc2sc(NS(=O)(=O)c3ccccc3OC(F)(F)F)nc12. The highest BCUT2D eigenvalue weighted by atomic mass is 32.2. The van der Waals surface area contributed by atoms with Crippen LogP contribution in [0.3, 0.4) is 0 Å². The van der Waals surface area contributed by atoms with Crippen LogP contribution in [0.25, 0.3) is 10.2 Å². The second-order valence-corrected chi connectivity index (χ2v) is 7.72. The van der Waals surface area contributed by atoms with Gasteiger partial charge in [-0.05, 0) is 30.7 Å². The number of sulfonamides is 1. The van der Waals surface area contributed by atoms with Crippen LogP contribution < -0.4 is 9.46 Å². The first-order valence-electron chi connectivity index (χ1n) is 6.89. The minimum atomic E-state index is -5.00. The lowest BCUT2D eigenvalue weighted by Crippen LogP contribution is -2.20. The average Bonchev–Trinajstić information content (AvgIpc) is 2.89. The van der Waals surface area contributed by atoms with Crippen molar-refractivity contribution >= 4 is 36.7 Å². The Morgan fingerprint density at radius 3 is 2.52 bits per heavy atom. The van der Waals surface area contributed by atoms with E-state index in [0.29, 0.717) is 5.52 Å². The number of halogens is 3. The summed E-state index contributed by atoms with van der Waals surface area (Å²) in [6.45, 7) is 1.83. The molecule has 3 rings (SSSR count). The average molecular weight is 388 g/mol. The number of aryl methyl sites for hydroxylation is 1. The fourth-order valence-corrected chi connectivity index (χ4v) is 4.49. The van der Waals surface area contributed by atoms with E-state index in [4.69, 9.17) is 0 Å². The molecule has 0 atom stereocenters. The molecule has 1 heterocycles. The summed E-state index contributed by atoms with van der Waals surface area (Å²) in [4.78, 5) is 3.57. The van der Waals surface area contributed by atoms with Gasteiger partial charge in [0, 0.05) is 0 Å². The van der Waals surface area contributed by atoms with Crippen LogP contribution in [0.4, 0.5) is 18.3 Å². The number of hydrogen-bond donors (Lipinski definition) is 1. The quantitative estimate of drug-likeness (QED) is 0.723. The summed E-state index contributed by atoms with van der Waals surface area (Å²) in [6, 6.07) is 9.93. The van der Waals surface area contributed by atoms with Crippen molar-refractivity contribution in [2.45, 2.75) is 18.2 Å². The van der Waals surface area contributed by atoms with Gasteiger partial charge in [-0.15, -0.1) is 13.2 Å². The Bertz CT molecular complexity index is 1030. The number of anilines is 1. The van der Waals surface area contributed by atoms with Crippen molar-refractivity contribution < 1.29 is 26.3 Å². The van der Waals surface area contributed by atoms with Gasteiger partial charge in [-0.2, -0.15) is 0 Å². The summed E-state index contributed by atoms with van der Waals surface area (Å²) in [7, 11) is -4.30. The molecule has 10 heteroatoms. The number of benzene rings is 2. The summed E-state index contributed by atoms with van der Waals surface area (Å²) in [6.07, 6.45) is -5.00. The molecule has 0 saturated heterocycles. The van der Waals surface area contributed by atoms with Crippen molar-refractivity contribution in [1.29, 1.82) is 0 Å². The van der Waals surface area contributed by atoms with E-state index in [1.54, 1.807) is 12.1 Å². The molecule has 1 N–H and O–H groups in total. The predicted molar refractivity (Wildman–Crippen MR) is 88.3 cm³/mol. The van der Waals surface area contributed by atoms with E-state index < -0.39 is 27.0 Å². The maximum atomic E-state index is 12.5. The van der Waals surface area contributed by atoms with Gasteiger partial charge in [0.05, 0.1) is 10.2 Å². The first-order chi connectivity index (χ1) is 11.7. The monoisotopic (exact) mass is 388 g/mol. The molecule has 0 saturated carbocycles. The van der Waals surface area contributed by atoms with Crippen molar-refractivity contribution in [2.75, 3.05) is 4.72 Å². The summed E-state index contributed by atoms with van der Waals surface area (Å²) >= 11 is 1.09. The van der Waals surface area contributed by atoms with Crippen LogP contribution >= 0.6 is 11.3 Å². The van der Waals surface area contributed by atoms with Gasteiger partial charge in [0.2, 0.25) is 0 Å². The predicted octanol–water partition coefficient (Wildman–Crippen LogP) is 4.30. The molecule has 0 bridgehead atoms. The smallest absolute Gasteiger partial charge is 0.404 e. The minimum Gasteiger partial charge on any atom is -0.404 e. The fourth-order valence-electron chi connectivity index (χ4n) is 2.18. The Morgan fingerprint density at radius 2 is 1.84 bits per heavy atom. The van der Waals surface area contributed by atoms with Crippen molar-refractivity contribution in [3.63, 3.8) is 0 Å². The third-order valence-electron chi connectivity index (χ3n) is 3.21. The zero-order valence-electron chi connectivity index (χ0n) is 12.7. The Balaban J connectivity index is 1.98. The van der Waals surface area contributed by atoms with Crippen LogP contribution in [0.2, 0.25) is 0 Å². The van der Waals surface area contributed by atoms with E-state index in [0.717, 1.165) is 33.7 Å². The zero-order chi connectivity index (χ0) is 18.2. The number of aromatic nitrogens is 1. The molecule has 0 unspecified atom stereocenters. The first kappa shape index (κ1) is 17.5. The van der Waals surface area contributed by atoms with Crippen molar-refractivity contribution in [2.24, 2.45) is 0 Å². The zero-order valence-corrected chi connectivity index (χ0v) is 14.3. The third-order valence-corrected chi connectivity index (χ3v) is 5.65. The van der Waals surface area contributed by atoms with Crippen LogP contribution in [0.15, 0.2) is 47.4 Å². The molecule has 2 aromatic carbocycles. The van der Waals surface area contributed by atoms with Crippen LogP contribution in [0.1, 0.15) is 5.56 Å². The minimum absolute atomic E-state index is 0.0612. The van der Waals surface area contributed by atoms with E-state index >= 15 is 0 Å². The summed E-state index contributed by atoms with van der Waals surface area (Å²) in [5.41, 5.74) is 1.49. The Morgan fingerprint density at radius 1 is 1.12 bits per heavy atom. The van der Waals surface area contributed by atoms with E-state index in [2.05, 4.69) is 14.4 Å². The highest BCUT2D eigenvalue weighted by molar-refractivity contribution is 7.93.